The highest BCUT2D eigenvalue weighted by atomic mass is 35.5. The third-order valence-electron chi connectivity index (χ3n) is 3.07. The highest BCUT2D eigenvalue weighted by molar-refractivity contribution is 6.30. The summed E-state index contributed by atoms with van der Waals surface area (Å²) in [5.74, 6) is -0.332. The minimum absolute atomic E-state index is 0.219. The van der Waals surface area contributed by atoms with E-state index in [1.165, 1.54) is 12.3 Å². The van der Waals surface area contributed by atoms with Crippen LogP contribution in [-0.4, -0.2) is 15.9 Å². The summed E-state index contributed by atoms with van der Waals surface area (Å²) in [5.41, 5.74) is 7.02. The van der Waals surface area contributed by atoms with Crippen LogP contribution in [0.5, 0.6) is 0 Å². The number of rotatable bonds is 2. The number of nitrogen functional groups attached to an aromatic ring is 1. The van der Waals surface area contributed by atoms with E-state index in [9.17, 15) is 4.79 Å². The summed E-state index contributed by atoms with van der Waals surface area (Å²) in [7, 11) is 0. The number of amides is 1. The van der Waals surface area contributed by atoms with Crippen LogP contribution in [0.3, 0.4) is 0 Å². The second kappa shape index (κ2) is 5.38. The molecule has 0 aliphatic heterocycles. The highest BCUT2D eigenvalue weighted by Crippen LogP contribution is 2.24. The predicted molar refractivity (Wildman–Crippen MR) is 83.4 cm³/mol. The Bertz CT molecular complexity index is 830. The Balaban J connectivity index is 1.99. The van der Waals surface area contributed by atoms with Gasteiger partial charge in [0.2, 0.25) is 0 Å². The number of fused-ring (bicyclic) bond motifs is 1. The summed E-state index contributed by atoms with van der Waals surface area (Å²) in [5, 5.41) is 4.90. The molecule has 0 fully saturated rings. The molecule has 3 N–H and O–H groups in total. The third-order valence-corrected chi connectivity index (χ3v) is 3.28. The lowest BCUT2D eigenvalue weighted by Crippen LogP contribution is -2.14. The number of nitrogens with two attached hydrogens (primary N) is 1. The second-order valence-electron chi connectivity index (χ2n) is 4.45. The number of hydrogen-bond donors (Lipinski definition) is 2. The number of benzene rings is 1. The lowest BCUT2D eigenvalue weighted by molar-refractivity contribution is 0.102. The van der Waals surface area contributed by atoms with E-state index in [0.29, 0.717) is 11.3 Å². The molecule has 0 aliphatic carbocycles. The van der Waals surface area contributed by atoms with Crippen LogP contribution in [0, 0.1) is 0 Å². The highest BCUT2D eigenvalue weighted by Gasteiger charge is 2.12. The lowest BCUT2D eigenvalue weighted by atomic mass is 10.1. The molecule has 0 atom stereocenters. The van der Waals surface area contributed by atoms with E-state index in [1.54, 1.807) is 12.4 Å². The van der Waals surface area contributed by atoms with Crippen LogP contribution in [0.25, 0.3) is 10.8 Å². The number of pyridine rings is 2. The smallest absolute Gasteiger partial charge is 0.257 e. The first kappa shape index (κ1) is 13.3. The van der Waals surface area contributed by atoms with Gasteiger partial charge in [-0.3, -0.25) is 9.78 Å². The van der Waals surface area contributed by atoms with Crippen molar-refractivity contribution >= 4 is 39.7 Å². The van der Waals surface area contributed by atoms with Crippen molar-refractivity contribution in [1.82, 2.24) is 9.97 Å². The van der Waals surface area contributed by atoms with Gasteiger partial charge in [-0.2, -0.15) is 0 Å². The van der Waals surface area contributed by atoms with Crippen molar-refractivity contribution < 1.29 is 4.79 Å². The average molecular weight is 299 g/mol. The molecule has 3 aromatic rings. The molecular weight excluding hydrogens is 288 g/mol. The maximum Gasteiger partial charge on any atom is 0.257 e. The van der Waals surface area contributed by atoms with E-state index in [1.807, 2.05) is 24.3 Å². The molecule has 0 radical (unpaired) electrons. The summed E-state index contributed by atoms with van der Waals surface area (Å²) >= 11 is 5.80. The molecule has 0 saturated carbocycles. The number of nitrogens with zero attached hydrogens (tertiary/aromatic N) is 2. The number of halogens is 1. The van der Waals surface area contributed by atoms with Gasteiger partial charge in [-0.25, -0.2) is 4.98 Å². The van der Waals surface area contributed by atoms with Gasteiger partial charge in [0, 0.05) is 28.9 Å². The molecule has 104 valence electrons. The summed E-state index contributed by atoms with van der Waals surface area (Å²) in [4.78, 5) is 20.2. The van der Waals surface area contributed by atoms with Crippen molar-refractivity contribution in [2.45, 2.75) is 0 Å². The Labute approximate surface area is 125 Å². The van der Waals surface area contributed by atoms with E-state index in [4.69, 9.17) is 17.3 Å². The van der Waals surface area contributed by atoms with Crippen molar-refractivity contribution in [2.75, 3.05) is 11.1 Å². The van der Waals surface area contributed by atoms with Crippen LogP contribution in [0.15, 0.2) is 48.9 Å². The Kier molecular flexibility index (Phi) is 3.41. The van der Waals surface area contributed by atoms with Crippen LogP contribution in [0.2, 0.25) is 5.15 Å². The Morgan fingerprint density at radius 3 is 2.95 bits per heavy atom. The van der Waals surface area contributed by atoms with Crippen molar-refractivity contribution in [3.8, 4) is 0 Å². The molecule has 21 heavy (non-hydrogen) atoms. The standard InChI is InChI=1S/C15H11ClN4O/c16-14-6-11(12(17)8-19-14)15(21)20-13-3-1-2-9-7-18-5-4-10(9)13/h1-8H,17H2,(H,20,21). The maximum atomic E-state index is 12.3. The summed E-state index contributed by atoms with van der Waals surface area (Å²) in [6, 6.07) is 8.88. The quantitative estimate of drug-likeness (QED) is 0.712. The van der Waals surface area contributed by atoms with E-state index in [0.717, 1.165) is 10.8 Å². The SMILES string of the molecule is Nc1cnc(Cl)cc1C(=O)Nc1cccc2cnccc12. The second-order valence-corrected chi connectivity index (χ2v) is 4.84. The molecule has 3 rings (SSSR count). The normalized spacial score (nSPS) is 10.5. The maximum absolute atomic E-state index is 12.3. The molecule has 1 aromatic carbocycles. The molecule has 0 unspecified atom stereocenters. The van der Waals surface area contributed by atoms with Crippen molar-refractivity contribution in [3.05, 3.63) is 59.6 Å². The van der Waals surface area contributed by atoms with Crippen LogP contribution in [-0.2, 0) is 0 Å². The minimum Gasteiger partial charge on any atom is -0.397 e. The van der Waals surface area contributed by atoms with Gasteiger partial charge in [0.15, 0.2) is 0 Å². The van der Waals surface area contributed by atoms with E-state index in [-0.39, 0.29) is 16.7 Å². The van der Waals surface area contributed by atoms with Gasteiger partial charge in [-0.05, 0) is 18.2 Å². The fraction of sp³-hybridized carbons (Fsp3) is 0. The van der Waals surface area contributed by atoms with Gasteiger partial charge >= 0.3 is 0 Å². The Morgan fingerprint density at radius 2 is 2.10 bits per heavy atom. The van der Waals surface area contributed by atoms with E-state index in [2.05, 4.69) is 15.3 Å². The molecule has 2 aromatic heterocycles. The van der Waals surface area contributed by atoms with Gasteiger partial charge in [0.1, 0.15) is 5.15 Å². The van der Waals surface area contributed by atoms with Gasteiger partial charge in [-0.15, -0.1) is 0 Å². The fourth-order valence-electron chi connectivity index (χ4n) is 2.06. The van der Waals surface area contributed by atoms with Gasteiger partial charge in [-0.1, -0.05) is 23.7 Å². The minimum atomic E-state index is -0.332. The number of carbonyl (C=O) groups is 1. The predicted octanol–water partition coefficient (Wildman–Crippen LogP) is 3.12. The van der Waals surface area contributed by atoms with Gasteiger partial charge < -0.3 is 11.1 Å². The van der Waals surface area contributed by atoms with Gasteiger partial charge in [0.05, 0.1) is 17.4 Å². The van der Waals surface area contributed by atoms with Gasteiger partial charge in [0.25, 0.3) is 5.91 Å². The van der Waals surface area contributed by atoms with Crippen molar-refractivity contribution in [2.24, 2.45) is 0 Å². The first-order valence-corrected chi connectivity index (χ1v) is 6.58. The molecular formula is C15H11ClN4O. The molecule has 2 heterocycles. The summed E-state index contributed by atoms with van der Waals surface area (Å²) in [6.45, 7) is 0. The zero-order valence-electron chi connectivity index (χ0n) is 10.9. The molecule has 1 amide bonds. The molecule has 0 spiro atoms. The van der Waals surface area contributed by atoms with Crippen LogP contribution in [0.4, 0.5) is 11.4 Å². The van der Waals surface area contributed by atoms with Crippen LogP contribution in [0.1, 0.15) is 10.4 Å². The topological polar surface area (TPSA) is 80.9 Å². The third kappa shape index (κ3) is 2.64. The molecule has 0 bridgehead atoms. The number of nitrogens with one attached hydrogen (secondary N) is 1. The van der Waals surface area contributed by atoms with Crippen LogP contribution < -0.4 is 11.1 Å². The average Bonchev–Trinajstić information content (AvgIpc) is 2.50. The zero-order chi connectivity index (χ0) is 14.8. The molecule has 5 nitrogen and oxygen atoms in total. The number of anilines is 2. The van der Waals surface area contributed by atoms with Crippen molar-refractivity contribution in [1.29, 1.82) is 0 Å². The fourth-order valence-corrected chi connectivity index (χ4v) is 2.22. The largest absolute Gasteiger partial charge is 0.397 e. The number of aromatic nitrogens is 2. The summed E-state index contributed by atoms with van der Waals surface area (Å²) < 4.78 is 0. The number of carbonyl (C=O) groups excluding carboxylic acids is 1. The lowest BCUT2D eigenvalue weighted by Gasteiger charge is -2.10. The van der Waals surface area contributed by atoms with Crippen molar-refractivity contribution in [3.63, 3.8) is 0 Å². The first-order chi connectivity index (χ1) is 10.1. The zero-order valence-corrected chi connectivity index (χ0v) is 11.6. The Morgan fingerprint density at radius 1 is 1.24 bits per heavy atom. The van der Waals surface area contributed by atoms with Crippen LogP contribution >= 0.6 is 11.6 Å². The molecule has 0 aliphatic rings. The molecule has 6 heteroatoms. The van der Waals surface area contributed by atoms with E-state index >= 15 is 0 Å². The molecule has 0 saturated heterocycles. The monoisotopic (exact) mass is 298 g/mol. The number of hydrogen-bond acceptors (Lipinski definition) is 4. The Hall–Kier alpha value is -2.66. The first-order valence-electron chi connectivity index (χ1n) is 6.20. The van der Waals surface area contributed by atoms with E-state index < -0.39 is 0 Å². The summed E-state index contributed by atoms with van der Waals surface area (Å²) in [6.07, 6.45) is 4.78.